The molecule has 0 radical (unpaired) electrons. The Labute approximate surface area is 105 Å². The van der Waals surface area contributed by atoms with Crippen molar-refractivity contribution < 1.29 is 14.9 Å². The number of aliphatic hydroxyl groups is 2. The quantitative estimate of drug-likeness (QED) is 0.626. The molecule has 0 amide bonds. The third kappa shape index (κ3) is 2.49. The van der Waals surface area contributed by atoms with Gasteiger partial charge in [-0.3, -0.25) is 4.99 Å². The number of rotatable bonds is 3. The van der Waals surface area contributed by atoms with Gasteiger partial charge < -0.3 is 20.3 Å². The van der Waals surface area contributed by atoms with Crippen molar-refractivity contribution in [3.63, 3.8) is 0 Å². The van der Waals surface area contributed by atoms with Crippen LogP contribution in [-0.2, 0) is 4.74 Å². The number of amidine groups is 1. The summed E-state index contributed by atoms with van der Waals surface area (Å²) in [6.45, 7) is 6.26. The summed E-state index contributed by atoms with van der Waals surface area (Å²) in [5.41, 5.74) is -0.191. The zero-order chi connectivity index (χ0) is 12.4. The minimum atomic E-state index is -0.886. The second-order valence-corrected chi connectivity index (χ2v) is 5.20. The van der Waals surface area contributed by atoms with Gasteiger partial charge in [0.15, 0.2) is 5.17 Å². The molecule has 0 unspecified atom stereocenters. The fraction of sp³-hybridized carbons (Fsp3) is 0.727. The molecule has 0 bridgehead atoms. The Kier molecular flexibility index (Phi) is 4.09. The molecule has 5 atom stereocenters. The van der Waals surface area contributed by atoms with Crippen molar-refractivity contribution in [1.82, 2.24) is 5.32 Å². The van der Waals surface area contributed by atoms with Crippen LogP contribution < -0.4 is 5.32 Å². The average molecular weight is 258 g/mol. The van der Waals surface area contributed by atoms with Crippen LogP contribution in [0.5, 0.6) is 0 Å². The van der Waals surface area contributed by atoms with E-state index in [4.69, 9.17) is 4.74 Å². The minimum Gasteiger partial charge on any atom is -0.388 e. The molecule has 0 aliphatic carbocycles. The van der Waals surface area contributed by atoms with Crippen LogP contribution in [0.3, 0.4) is 0 Å². The summed E-state index contributed by atoms with van der Waals surface area (Å²) in [4.78, 5) is 4.25. The van der Waals surface area contributed by atoms with E-state index in [1.807, 2.05) is 6.92 Å². The number of aliphatic hydroxyl groups excluding tert-OH is 2. The molecule has 5 nitrogen and oxygen atoms in total. The summed E-state index contributed by atoms with van der Waals surface area (Å²) in [6.07, 6.45) is 0.107. The summed E-state index contributed by atoms with van der Waals surface area (Å²) in [7, 11) is 0. The van der Waals surface area contributed by atoms with E-state index in [1.165, 1.54) is 11.8 Å². The molecular formula is C11H18N2O3S. The maximum Gasteiger partial charge on any atom is 0.159 e. The Morgan fingerprint density at radius 2 is 2.29 bits per heavy atom. The Balaban J connectivity index is 2.09. The van der Waals surface area contributed by atoms with Gasteiger partial charge in [0.05, 0.1) is 12.1 Å². The molecule has 17 heavy (non-hydrogen) atoms. The molecule has 96 valence electrons. The smallest absolute Gasteiger partial charge is 0.159 e. The van der Waals surface area contributed by atoms with Gasteiger partial charge in [0.1, 0.15) is 17.6 Å². The van der Waals surface area contributed by atoms with E-state index < -0.39 is 12.2 Å². The van der Waals surface area contributed by atoms with Crippen LogP contribution in [0.1, 0.15) is 13.3 Å². The van der Waals surface area contributed by atoms with Crippen molar-refractivity contribution in [2.24, 2.45) is 4.99 Å². The fourth-order valence-corrected chi connectivity index (χ4v) is 3.26. The molecule has 6 heteroatoms. The SMILES string of the molecule is C=CC[C@H]1O[C@@H]2SC(=NCC)N[C@@H]2[C@@H](O)[C@@H]1O. The Bertz CT molecular complexity index is 324. The molecule has 0 aromatic rings. The number of aliphatic imine (C=N–C) groups is 1. The lowest BCUT2D eigenvalue weighted by molar-refractivity contribution is -0.154. The molecule has 2 aliphatic heterocycles. The summed E-state index contributed by atoms with van der Waals surface area (Å²) >= 11 is 1.47. The first-order valence-electron chi connectivity index (χ1n) is 5.77. The molecule has 0 spiro atoms. The minimum absolute atomic E-state index is 0.191. The topological polar surface area (TPSA) is 74.1 Å². The lowest BCUT2D eigenvalue weighted by Crippen LogP contribution is -2.58. The number of fused-ring (bicyclic) bond motifs is 1. The average Bonchev–Trinajstić information content (AvgIpc) is 2.69. The molecule has 0 aromatic heterocycles. The summed E-state index contributed by atoms with van der Waals surface area (Å²) in [5, 5.41) is 23.8. The first kappa shape index (κ1) is 12.9. The van der Waals surface area contributed by atoms with Crippen LogP contribution in [-0.4, -0.2) is 51.7 Å². The van der Waals surface area contributed by atoms with E-state index in [-0.39, 0.29) is 17.6 Å². The van der Waals surface area contributed by atoms with Crippen molar-refractivity contribution in [3.8, 4) is 0 Å². The van der Waals surface area contributed by atoms with Gasteiger partial charge in [-0.15, -0.1) is 6.58 Å². The second-order valence-electron chi connectivity index (χ2n) is 4.12. The highest BCUT2D eigenvalue weighted by Crippen LogP contribution is 2.34. The predicted molar refractivity (Wildman–Crippen MR) is 68.0 cm³/mol. The van der Waals surface area contributed by atoms with Crippen molar-refractivity contribution in [2.45, 2.75) is 43.1 Å². The molecule has 0 saturated carbocycles. The van der Waals surface area contributed by atoms with Gasteiger partial charge in [-0.1, -0.05) is 17.8 Å². The number of nitrogens with one attached hydrogen (secondary N) is 1. The number of ether oxygens (including phenoxy) is 1. The number of hydrogen-bond donors (Lipinski definition) is 3. The van der Waals surface area contributed by atoms with Gasteiger partial charge in [0.25, 0.3) is 0 Å². The Morgan fingerprint density at radius 1 is 1.53 bits per heavy atom. The number of thioether (sulfide) groups is 1. The van der Waals surface area contributed by atoms with Gasteiger partial charge >= 0.3 is 0 Å². The van der Waals surface area contributed by atoms with Gasteiger partial charge in [0, 0.05) is 6.54 Å². The van der Waals surface area contributed by atoms with Crippen molar-refractivity contribution >= 4 is 16.9 Å². The van der Waals surface area contributed by atoms with E-state index in [1.54, 1.807) is 6.08 Å². The summed E-state index contributed by atoms with van der Waals surface area (Å²) in [6, 6.07) is -0.290. The maximum absolute atomic E-state index is 10.0. The Morgan fingerprint density at radius 3 is 2.94 bits per heavy atom. The highest BCUT2D eigenvalue weighted by molar-refractivity contribution is 8.14. The predicted octanol–water partition coefficient (Wildman–Crippen LogP) is 0.0901. The zero-order valence-corrected chi connectivity index (χ0v) is 10.6. The standard InChI is InChI=1S/C11H18N2O3S/c1-3-5-6-8(14)9(15)7-10(16-6)17-11(13-7)12-4-2/h3,6-10,14-15H,1,4-5H2,2H3,(H,12,13)/t6-,7-,8-,9-,10-/m1/s1. The molecule has 2 heterocycles. The van der Waals surface area contributed by atoms with E-state index in [2.05, 4.69) is 16.9 Å². The van der Waals surface area contributed by atoms with Gasteiger partial charge in [-0.2, -0.15) is 0 Å². The second kappa shape index (κ2) is 5.39. The molecule has 3 N–H and O–H groups in total. The van der Waals surface area contributed by atoms with Crippen LogP contribution in [0, 0.1) is 0 Å². The molecule has 0 aromatic carbocycles. The molecule has 2 rings (SSSR count). The lowest BCUT2D eigenvalue weighted by atomic mass is 9.96. The van der Waals surface area contributed by atoms with Crippen LogP contribution >= 0.6 is 11.8 Å². The summed E-state index contributed by atoms with van der Waals surface area (Å²) in [5.74, 6) is 0. The van der Waals surface area contributed by atoms with E-state index in [0.717, 1.165) is 5.17 Å². The zero-order valence-electron chi connectivity index (χ0n) is 9.74. The highest BCUT2D eigenvalue weighted by Gasteiger charge is 2.48. The van der Waals surface area contributed by atoms with Crippen LogP contribution in [0.25, 0.3) is 0 Å². The van der Waals surface area contributed by atoms with Crippen molar-refractivity contribution in [1.29, 1.82) is 0 Å². The van der Waals surface area contributed by atoms with E-state index in [0.29, 0.717) is 13.0 Å². The number of hydrogen-bond acceptors (Lipinski definition) is 5. The molecular weight excluding hydrogens is 240 g/mol. The molecule has 2 aliphatic rings. The first-order chi connectivity index (χ1) is 8.17. The maximum atomic E-state index is 10.0. The summed E-state index contributed by atoms with van der Waals surface area (Å²) < 4.78 is 5.75. The highest BCUT2D eigenvalue weighted by atomic mass is 32.2. The Hall–Kier alpha value is -0.560. The third-order valence-electron chi connectivity index (χ3n) is 2.92. The van der Waals surface area contributed by atoms with Gasteiger partial charge in [-0.05, 0) is 13.3 Å². The van der Waals surface area contributed by atoms with Crippen molar-refractivity contribution in [2.75, 3.05) is 6.54 Å². The van der Waals surface area contributed by atoms with Crippen LogP contribution in [0.2, 0.25) is 0 Å². The largest absolute Gasteiger partial charge is 0.388 e. The lowest BCUT2D eigenvalue weighted by Gasteiger charge is -2.38. The van der Waals surface area contributed by atoms with Crippen molar-refractivity contribution in [3.05, 3.63) is 12.7 Å². The van der Waals surface area contributed by atoms with Gasteiger partial charge in [-0.25, -0.2) is 0 Å². The van der Waals surface area contributed by atoms with E-state index in [9.17, 15) is 10.2 Å². The van der Waals surface area contributed by atoms with Crippen LogP contribution in [0.15, 0.2) is 17.6 Å². The molecule has 2 saturated heterocycles. The fourth-order valence-electron chi connectivity index (χ4n) is 2.06. The first-order valence-corrected chi connectivity index (χ1v) is 6.65. The number of nitrogens with zero attached hydrogens (tertiary/aromatic N) is 1. The van der Waals surface area contributed by atoms with Crippen LogP contribution in [0.4, 0.5) is 0 Å². The third-order valence-corrected chi connectivity index (χ3v) is 4.03. The normalized spacial score (nSPS) is 43.2. The molecule has 2 fully saturated rings. The van der Waals surface area contributed by atoms with Gasteiger partial charge in [0.2, 0.25) is 0 Å². The van der Waals surface area contributed by atoms with E-state index >= 15 is 0 Å². The monoisotopic (exact) mass is 258 g/mol.